The Labute approximate surface area is 158 Å². The Hall–Kier alpha value is -2.41. The summed E-state index contributed by atoms with van der Waals surface area (Å²) in [5.74, 6) is -0.350. The Balaban J connectivity index is 1.99. The molecule has 0 saturated heterocycles. The van der Waals surface area contributed by atoms with Crippen molar-refractivity contribution in [2.75, 3.05) is 5.32 Å². The summed E-state index contributed by atoms with van der Waals surface area (Å²) in [4.78, 5) is 28.5. The molecule has 1 unspecified atom stereocenters. The molecule has 0 radical (unpaired) electrons. The molecule has 2 amide bonds. The summed E-state index contributed by atoms with van der Waals surface area (Å²) < 4.78 is 5.15. The number of benzene rings is 1. The Kier molecular flexibility index (Phi) is 6.02. The van der Waals surface area contributed by atoms with Crippen LogP contribution in [0.15, 0.2) is 23.6 Å². The fraction of sp³-hybridized carbons (Fsp3) is 0.421. The number of carbonyl (C=O) groups excluding carboxylic acids is 2. The second kappa shape index (κ2) is 7.86. The lowest BCUT2D eigenvalue weighted by Crippen LogP contribution is -2.43. The Morgan fingerprint density at radius 1 is 1.23 bits per heavy atom. The summed E-state index contributed by atoms with van der Waals surface area (Å²) in [7, 11) is 0. The molecule has 2 N–H and O–H groups in total. The monoisotopic (exact) mass is 375 g/mol. The number of hydrogen-bond donors (Lipinski definition) is 2. The van der Waals surface area contributed by atoms with Gasteiger partial charge in [0.25, 0.3) is 0 Å². The molecule has 0 fully saturated rings. The van der Waals surface area contributed by atoms with Gasteiger partial charge in [0.1, 0.15) is 11.6 Å². The first-order chi connectivity index (χ1) is 12.0. The summed E-state index contributed by atoms with van der Waals surface area (Å²) in [5, 5.41) is 7.63. The van der Waals surface area contributed by atoms with Crippen molar-refractivity contribution in [3.05, 3.63) is 34.7 Å². The van der Waals surface area contributed by atoms with Gasteiger partial charge in [0.2, 0.25) is 5.91 Å². The van der Waals surface area contributed by atoms with Gasteiger partial charge >= 0.3 is 6.09 Å². The summed E-state index contributed by atoms with van der Waals surface area (Å²) in [6.45, 7) is 11.0. The highest BCUT2D eigenvalue weighted by atomic mass is 32.1. The normalized spacial score (nSPS) is 12.4. The van der Waals surface area contributed by atoms with E-state index in [9.17, 15) is 9.59 Å². The van der Waals surface area contributed by atoms with Gasteiger partial charge in [0.15, 0.2) is 5.13 Å². The van der Waals surface area contributed by atoms with Crippen LogP contribution >= 0.6 is 11.3 Å². The molecule has 6 nitrogen and oxygen atoms in total. The molecule has 2 aromatic rings. The molecule has 1 atom stereocenters. The minimum atomic E-state index is -0.738. The van der Waals surface area contributed by atoms with E-state index >= 15 is 0 Å². The molecule has 1 aromatic carbocycles. The quantitative estimate of drug-likeness (QED) is 0.836. The largest absolute Gasteiger partial charge is 0.444 e. The second-order valence-electron chi connectivity index (χ2n) is 7.21. The topological polar surface area (TPSA) is 80.3 Å². The Bertz CT molecular complexity index is 809. The maximum atomic E-state index is 12.3. The molecule has 0 saturated carbocycles. The van der Waals surface area contributed by atoms with Gasteiger partial charge in [-0.05, 0) is 47.1 Å². The minimum absolute atomic E-state index is 0.350. The number of hydrogen-bond acceptors (Lipinski definition) is 5. The van der Waals surface area contributed by atoms with Crippen molar-refractivity contribution in [2.45, 2.75) is 53.2 Å². The molecule has 1 heterocycles. The van der Waals surface area contributed by atoms with Gasteiger partial charge in [0, 0.05) is 10.9 Å². The third-order valence-electron chi connectivity index (χ3n) is 3.52. The lowest BCUT2D eigenvalue weighted by atomic mass is 10.0. The molecule has 2 rings (SSSR count). The number of alkyl carbamates (subject to hydrolysis) is 1. The molecule has 26 heavy (non-hydrogen) atoms. The van der Waals surface area contributed by atoms with E-state index in [0.717, 1.165) is 16.8 Å². The SMILES string of the molecule is Cc1ccc(-c2csc(NC(=O)C(C)NC(=O)OC(C)(C)C)n2)c(C)c1. The van der Waals surface area contributed by atoms with E-state index in [1.54, 1.807) is 27.7 Å². The van der Waals surface area contributed by atoms with E-state index in [0.29, 0.717) is 5.13 Å². The van der Waals surface area contributed by atoms with Crippen molar-refractivity contribution >= 4 is 28.5 Å². The van der Waals surface area contributed by atoms with Crippen LogP contribution in [0.1, 0.15) is 38.8 Å². The third-order valence-corrected chi connectivity index (χ3v) is 4.28. The zero-order valence-corrected chi connectivity index (χ0v) is 16.8. The van der Waals surface area contributed by atoms with Crippen molar-refractivity contribution in [3.8, 4) is 11.3 Å². The number of nitrogens with one attached hydrogen (secondary N) is 2. The van der Waals surface area contributed by atoms with E-state index < -0.39 is 17.7 Å². The number of aromatic nitrogens is 1. The number of aryl methyl sites for hydroxylation is 2. The van der Waals surface area contributed by atoms with Gasteiger partial charge < -0.3 is 15.4 Å². The van der Waals surface area contributed by atoms with Crippen LogP contribution in [0.2, 0.25) is 0 Å². The van der Waals surface area contributed by atoms with E-state index in [4.69, 9.17) is 4.74 Å². The number of thiazole rings is 1. The highest BCUT2D eigenvalue weighted by Crippen LogP contribution is 2.28. The first-order valence-corrected chi connectivity index (χ1v) is 9.26. The van der Waals surface area contributed by atoms with E-state index in [-0.39, 0.29) is 5.91 Å². The highest BCUT2D eigenvalue weighted by Gasteiger charge is 2.21. The van der Waals surface area contributed by atoms with Crippen molar-refractivity contribution in [3.63, 3.8) is 0 Å². The van der Waals surface area contributed by atoms with Crippen LogP contribution in [-0.4, -0.2) is 28.6 Å². The van der Waals surface area contributed by atoms with Gasteiger partial charge in [-0.2, -0.15) is 0 Å². The molecule has 0 aliphatic carbocycles. The van der Waals surface area contributed by atoms with Crippen LogP contribution in [-0.2, 0) is 9.53 Å². The van der Waals surface area contributed by atoms with Crippen molar-refractivity contribution in [1.82, 2.24) is 10.3 Å². The van der Waals surface area contributed by atoms with Crippen LogP contribution in [0.5, 0.6) is 0 Å². The van der Waals surface area contributed by atoms with Crippen LogP contribution < -0.4 is 10.6 Å². The average Bonchev–Trinajstić information content (AvgIpc) is 2.93. The van der Waals surface area contributed by atoms with Crippen LogP contribution in [0.3, 0.4) is 0 Å². The van der Waals surface area contributed by atoms with Gasteiger partial charge in [-0.1, -0.05) is 23.8 Å². The van der Waals surface area contributed by atoms with Crippen molar-refractivity contribution in [1.29, 1.82) is 0 Å². The van der Waals surface area contributed by atoms with E-state index in [1.807, 2.05) is 31.4 Å². The number of anilines is 1. The fourth-order valence-corrected chi connectivity index (χ4v) is 3.03. The van der Waals surface area contributed by atoms with Crippen LogP contribution in [0.4, 0.5) is 9.93 Å². The fourth-order valence-electron chi connectivity index (χ4n) is 2.32. The maximum Gasteiger partial charge on any atom is 0.408 e. The van der Waals surface area contributed by atoms with Gasteiger partial charge in [-0.3, -0.25) is 4.79 Å². The number of carbonyl (C=O) groups is 2. The molecule has 0 spiro atoms. The number of rotatable bonds is 4. The summed E-state index contributed by atoms with van der Waals surface area (Å²) in [6, 6.07) is 5.42. The summed E-state index contributed by atoms with van der Waals surface area (Å²) in [6.07, 6.45) is -0.629. The Morgan fingerprint density at radius 2 is 1.92 bits per heavy atom. The maximum absolute atomic E-state index is 12.3. The zero-order valence-electron chi connectivity index (χ0n) is 16.0. The van der Waals surface area contributed by atoms with Crippen molar-refractivity contribution in [2.24, 2.45) is 0 Å². The summed E-state index contributed by atoms with van der Waals surface area (Å²) >= 11 is 1.34. The molecule has 0 aliphatic rings. The predicted molar refractivity (Wildman–Crippen MR) is 104 cm³/mol. The van der Waals surface area contributed by atoms with Crippen LogP contribution in [0, 0.1) is 13.8 Å². The lowest BCUT2D eigenvalue weighted by Gasteiger charge is -2.21. The van der Waals surface area contributed by atoms with E-state index in [2.05, 4.69) is 21.7 Å². The van der Waals surface area contributed by atoms with Crippen molar-refractivity contribution < 1.29 is 14.3 Å². The molecule has 1 aromatic heterocycles. The molecule has 140 valence electrons. The average molecular weight is 375 g/mol. The number of nitrogens with zero attached hydrogens (tertiary/aromatic N) is 1. The number of amides is 2. The first kappa shape index (κ1) is 19.9. The molecule has 0 aliphatic heterocycles. The first-order valence-electron chi connectivity index (χ1n) is 8.38. The predicted octanol–water partition coefficient (Wildman–Crippen LogP) is 4.28. The molecular formula is C19H25N3O3S. The second-order valence-corrected chi connectivity index (χ2v) is 8.07. The van der Waals surface area contributed by atoms with E-state index in [1.165, 1.54) is 16.9 Å². The van der Waals surface area contributed by atoms with Gasteiger partial charge in [-0.15, -0.1) is 11.3 Å². The molecular weight excluding hydrogens is 350 g/mol. The lowest BCUT2D eigenvalue weighted by molar-refractivity contribution is -0.117. The third kappa shape index (κ3) is 5.56. The van der Waals surface area contributed by atoms with Crippen LogP contribution in [0.25, 0.3) is 11.3 Å². The zero-order chi connectivity index (χ0) is 19.5. The van der Waals surface area contributed by atoms with Gasteiger partial charge in [0.05, 0.1) is 5.69 Å². The smallest absolute Gasteiger partial charge is 0.408 e. The number of ether oxygens (including phenoxy) is 1. The Morgan fingerprint density at radius 3 is 2.54 bits per heavy atom. The minimum Gasteiger partial charge on any atom is -0.444 e. The summed E-state index contributed by atoms with van der Waals surface area (Å²) in [5.41, 5.74) is 3.56. The van der Waals surface area contributed by atoms with Gasteiger partial charge in [-0.25, -0.2) is 9.78 Å². The molecule has 7 heteroatoms. The standard InChI is InChI=1S/C19H25N3O3S/c1-11-7-8-14(12(2)9-11)15-10-26-17(21-15)22-16(23)13(3)20-18(24)25-19(4,5)6/h7-10,13H,1-6H3,(H,20,24)(H,21,22,23). The highest BCUT2D eigenvalue weighted by molar-refractivity contribution is 7.14. The molecule has 0 bridgehead atoms.